The zero-order valence-electron chi connectivity index (χ0n) is 6.61. The van der Waals surface area contributed by atoms with E-state index in [0.717, 1.165) is 24.6 Å². The molecule has 0 saturated heterocycles. The highest BCUT2D eigenvalue weighted by Crippen LogP contribution is 2.15. The monoisotopic (exact) mass is 216 g/mol. The van der Waals surface area contributed by atoms with Gasteiger partial charge in [-0.3, -0.25) is 4.79 Å². The zero-order chi connectivity index (χ0) is 8.10. The summed E-state index contributed by atoms with van der Waals surface area (Å²) in [6, 6.07) is 0. The van der Waals surface area contributed by atoms with Gasteiger partial charge < -0.3 is 0 Å². The molecule has 0 radical (unpaired) electrons. The van der Waals surface area contributed by atoms with Crippen LogP contribution in [0.3, 0.4) is 0 Å². The third kappa shape index (κ3) is 3.19. The number of rotatable bonds is 1. The molecule has 1 nitrogen and oxygen atoms in total. The molecular formula is C9H13BrO. The summed E-state index contributed by atoms with van der Waals surface area (Å²) in [5.41, 5.74) is 1.26. The Bertz CT molecular complexity index is 172. The average Bonchev–Trinajstić information content (AvgIpc) is 1.96. The van der Waals surface area contributed by atoms with Crippen molar-refractivity contribution in [2.75, 3.05) is 5.33 Å². The van der Waals surface area contributed by atoms with Gasteiger partial charge in [-0.25, -0.2) is 0 Å². The molecule has 62 valence electrons. The Labute approximate surface area is 76.0 Å². The number of alkyl halides is 1. The molecule has 0 heterocycles. The van der Waals surface area contributed by atoms with Crippen LogP contribution in [-0.4, -0.2) is 11.1 Å². The third-order valence-corrected chi connectivity index (χ3v) is 2.66. The molecule has 1 aliphatic rings. The maximum Gasteiger partial charge on any atom is 0.136 e. The second-order valence-electron chi connectivity index (χ2n) is 2.96. The quantitative estimate of drug-likeness (QED) is 0.487. The molecule has 0 aromatic rings. The molecule has 1 aliphatic carbocycles. The van der Waals surface area contributed by atoms with Crippen molar-refractivity contribution >= 4 is 21.7 Å². The largest absolute Gasteiger partial charge is 0.299 e. The lowest BCUT2D eigenvalue weighted by atomic mass is 10.0. The molecule has 1 rings (SSSR count). The summed E-state index contributed by atoms with van der Waals surface area (Å²) in [7, 11) is 0. The van der Waals surface area contributed by atoms with Crippen LogP contribution in [0, 0.1) is 0 Å². The van der Waals surface area contributed by atoms with Crippen molar-refractivity contribution in [1.29, 1.82) is 0 Å². The minimum absolute atomic E-state index is 0.399. The summed E-state index contributed by atoms with van der Waals surface area (Å²) >= 11 is 3.38. The molecule has 2 heteroatoms. The predicted molar refractivity (Wildman–Crippen MR) is 50.0 cm³/mol. The molecule has 0 bridgehead atoms. The molecule has 0 N–H and O–H groups in total. The smallest absolute Gasteiger partial charge is 0.136 e. The van der Waals surface area contributed by atoms with Gasteiger partial charge in [0, 0.05) is 18.2 Å². The van der Waals surface area contributed by atoms with Gasteiger partial charge in [0.2, 0.25) is 0 Å². The van der Waals surface area contributed by atoms with Crippen molar-refractivity contribution in [3.8, 4) is 0 Å². The Balaban J connectivity index is 2.53. The van der Waals surface area contributed by atoms with Crippen LogP contribution in [0.2, 0.25) is 0 Å². The number of allylic oxidation sites excluding steroid dienone is 2. The summed E-state index contributed by atoms with van der Waals surface area (Å²) in [6.45, 7) is 0. The van der Waals surface area contributed by atoms with Gasteiger partial charge in [-0.2, -0.15) is 0 Å². The van der Waals surface area contributed by atoms with E-state index in [2.05, 4.69) is 22.0 Å². The van der Waals surface area contributed by atoms with Gasteiger partial charge in [0.25, 0.3) is 0 Å². The molecule has 0 saturated carbocycles. The van der Waals surface area contributed by atoms with E-state index in [4.69, 9.17) is 0 Å². The minimum atomic E-state index is 0.399. The summed E-state index contributed by atoms with van der Waals surface area (Å²) in [5.74, 6) is 0.399. The van der Waals surface area contributed by atoms with Crippen molar-refractivity contribution in [1.82, 2.24) is 0 Å². The van der Waals surface area contributed by atoms with Gasteiger partial charge >= 0.3 is 0 Å². The van der Waals surface area contributed by atoms with Gasteiger partial charge in [-0.15, -0.1) is 0 Å². The highest BCUT2D eigenvalue weighted by molar-refractivity contribution is 9.09. The Morgan fingerprint density at radius 2 is 2.27 bits per heavy atom. The molecule has 0 aromatic carbocycles. The van der Waals surface area contributed by atoms with E-state index in [-0.39, 0.29) is 0 Å². The van der Waals surface area contributed by atoms with Crippen molar-refractivity contribution in [2.24, 2.45) is 0 Å². The van der Waals surface area contributed by atoms with Gasteiger partial charge in [0.1, 0.15) is 5.78 Å². The summed E-state index contributed by atoms with van der Waals surface area (Å²) in [6.07, 6.45) is 7.04. The lowest BCUT2D eigenvalue weighted by molar-refractivity contribution is -0.118. The first-order valence-electron chi connectivity index (χ1n) is 4.08. The molecule has 0 unspecified atom stereocenters. The summed E-state index contributed by atoms with van der Waals surface area (Å²) in [4.78, 5) is 11.1. The van der Waals surface area contributed by atoms with Crippen LogP contribution >= 0.6 is 15.9 Å². The highest BCUT2D eigenvalue weighted by Gasteiger charge is 2.07. The van der Waals surface area contributed by atoms with E-state index in [9.17, 15) is 4.79 Å². The van der Waals surface area contributed by atoms with Crippen LogP contribution in [0.5, 0.6) is 0 Å². The topological polar surface area (TPSA) is 17.1 Å². The third-order valence-electron chi connectivity index (χ3n) is 1.94. The first-order valence-corrected chi connectivity index (χ1v) is 5.20. The van der Waals surface area contributed by atoms with Crippen LogP contribution in [0.15, 0.2) is 11.6 Å². The van der Waals surface area contributed by atoms with Crippen LogP contribution in [0.25, 0.3) is 0 Å². The fourth-order valence-electron chi connectivity index (χ4n) is 1.29. The molecule has 0 aromatic heterocycles. The van der Waals surface area contributed by atoms with Gasteiger partial charge in [-0.1, -0.05) is 27.6 Å². The maximum atomic E-state index is 11.1. The van der Waals surface area contributed by atoms with Gasteiger partial charge in [0.05, 0.1) is 0 Å². The highest BCUT2D eigenvalue weighted by atomic mass is 79.9. The molecule has 0 spiro atoms. The second-order valence-corrected chi connectivity index (χ2v) is 3.52. The number of ketones is 1. The standard InChI is InChI=1S/C9H13BrO/c10-7-8-4-2-1-3-5-9(11)6-8/h4H,1-3,5-7H2/b8-4+. The normalized spacial score (nSPS) is 25.2. The Hall–Kier alpha value is -0.110. The Morgan fingerprint density at radius 1 is 1.45 bits per heavy atom. The van der Waals surface area contributed by atoms with E-state index >= 15 is 0 Å². The number of halogens is 1. The van der Waals surface area contributed by atoms with Crippen molar-refractivity contribution < 1.29 is 4.79 Å². The first-order chi connectivity index (χ1) is 5.33. The number of carbonyl (C=O) groups excluding carboxylic acids is 1. The van der Waals surface area contributed by atoms with E-state index < -0.39 is 0 Å². The van der Waals surface area contributed by atoms with Crippen LogP contribution in [-0.2, 0) is 4.79 Å². The van der Waals surface area contributed by atoms with E-state index in [1.54, 1.807) is 0 Å². The molecule has 0 fully saturated rings. The van der Waals surface area contributed by atoms with E-state index in [1.807, 2.05) is 0 Å². The fourth-order valence-corrected chi connectivity index (χ4v) is 1.72. The Morgan fingerprint density at radius 3 is 3.00 bits per heavy atom. The summed E-state index contributed by atoms with van der Waals surface area (Å²) < 4.78 is 0. The number of hydrogen-bond acceptors (Lipinski definition) is 1. The minimum Gasteiger partial charge on any atom is -0.299 e. The van der Waals surface area contributed by atoms with Gasteiger partial charge in [0.15, 0.2) is 0 Å². The lowest BCUT2D eigenvalue weighted by Crippen LogP contribution is -2.03. The molecular weight excluding hydrogens is 204 g/mol. The molecule has 0 aliphatic heterocycles. The number of Topliss-reactive ketones (excluding diaryl/α,β-unsaturated/α-hetero) is 1. The van der Waals surface area contributed by atoms with E-state index in [0.29, 0.717) is 12.2 Å². The van der Waals surface area contributed by atoms with Crippen molar-refractivity contribution in [3.05, 3.63) is 11.6 Å². The zero-order valence-corrected chi connectivity index (χ0v) is 8.19. The van der Waals surface area contributed by atoms with Crippen LogP contribution in [0.1, 0.15) is 32.1 Å². The van der Waals surface area contributed by atoms with Crippen molar-refractivity contribution in [2.45, 2.75) is 32.1 Å². The second kappa shape index (κ2) is 4.70. The summed E-state index contributed by atoms with van der Waals surface area (Å²) in [5, 5.41) is 0.860. The number of hydrogen-bond donors (Lipinski definition) is 0. The fraction of sp³-hybridized carbons (Fsp3) is 0.667. The van der Waals surface area contributed by atoms with Crippen LogP contribution < -0.4 is 0 Å². The van der Waals surface area contributed by atoms with E-state index in [1.165, 1.54) is 12.0 Å². The van der Waals surface area contributed by atoms with Crippen LogP contribution in [0.4, 0.5) is 0 Å². The maximum absolute atomic E-state index is 11.1. The molecule has 11 heavy (non-hydrogen) atoms. The molecule has 0 atom stereocenters. The Kier molecular flexibility index (Phi) is 3.84. The average molecular weight is 217 g/mol. The van der Waals surface area contributed by atoms with Gasteiger partial charge in [-0.05, 0) is 19.3 Å². The van der Waals surface area contributed by atoms with Crippen molar-refractivity contribution in [3.63, 3.8) is 0 Å². The SMILES string of the molecule is O=C1CCCC/C=C(/CBr)C1. The molecule has 0 amide bonds. The lowest BCUT2D eigenvalue weighted by Gasteiger charge is -2.07. The predicted octanol–water partition coefficient (Wildman–Crippen LogP) is 2.84. The first kappa shape index (κ1) is 8.98. The number of carbonyl (C=O) groups is 1.